The summed E-state index contributed by atoms with van der Waals surface area (Å²) in [4.78, 5) is 26.4. The molecule has 0 fully saturated rings. The Kier molecular flexibility index (Phi) is 8.07. The van der Waals surface area contributed by atoms with Gasteiger partial charge in [-0.1, -0.05) is 29.8 Å². The van der Waals surface area contributed by atoms with Crippen molar-refractivity contribution in [3.63, 3.8) is 0 Å². The number of anilines is 1. The lowest BCUT2D eigenvalue weighted by Crippen LogP contribution is -2.34. The Morgan fingerprint density at radius 2 is 2.06 bits per heavy atom. The Morgan fingerprint density at radius 1 is 1.29 bits per heavy atom. The molecule has 0 radical (unpaired) electrons. The zero-order valence-corrected chi connectivity index (χ0v) is 20.9. The quantitative estimate of drug-likeness (QED) is 0.376. The van der Waals surface area contributed by atoms with Gasteiger partial charge in [0.1, 0.15) is 10.8 Å². The zero-order chi connectivity index (χ0) is 22.5. The van der Waals surface area contributed by atoms with E-state index in [0.29, 0.717) is 34.4 Å². The molecule has 0 saturated carbocycles. The minimum absolute atomic E-state index is 0.114. The van der Waals surface area contributed by atoms with Crippen molar-refractivity contribution in [2.24, 2.45) is 5.92 Å². The number of rotatable bonds is 7. The van der Waals surface area contributed by atoms with E-state index in [1.54, 1.807) is 12.1 Å². The highest BCUT2D eigenvalue weighted by molar-refractivity contribution is 9.10. The highest BCUT2D eigenvalue weighted by Crippen LogP contribution is 2.39. The van der Waals surface area contributed by atoms with Gasteiger partial charge in [0.25, 0.3) is 5.91 Å². The molecular weight excluding hydrogens is 500 g/mol. The summed E-state index contributed by atoms with van der Waals surface area (Å²) in [7, 11) is 1.36. The van der Waals surface area contributed by atoms with Crippen LogP contribution in [-0.2, 0) is 17.6 Å². The number of nitrogens with one attached hydrogen (secondary N) is 2. The number of hydrogen-bond donors (Lipinski definition) is 2. The molecular formula is C22H25BrN2O4S2. The van der Waals surface area contributed by atoms with E-state index in [1.165, 1.54) is 18.4 Å². The van der Waals surface area contributed by atoms with E-state index in [1.807, 2.05) is 6.07 Å². The third-order valence-electron chi connectivity index (χ3n) is 4.90. The van der Waals surface area contributed by atoms with E-state index in [9.17, 15) is 9.59 Å². The van der Waals surface area contributed by atoms with Crippen molar-refractivity contribution in [1.82, 2.24) is 5.32 Å². The minimum Gasteiger partial charge on any atom is -0.493 e. The first-order valence-electron chi connectivity index (χ1n) is 10.1. The predicted molar refractivity (Wildman–Crippen MR) is 130 cm³/mol. The Bertz CT molecular complexity index is 1000. The predicted octanol–water partition coefficient (Wildman–Crippen LogP) is 5.34. The lowest BCUT2D eigenvalue weighted by Gasteiger charge is -2.14. The Morgan fingerprint density at radius 3 is 2.77 bits per heavy atom. The van der Waals surface area contributed by atoms with E-state index < -0.39 is 5.97 Å². The maximum absolute atomic E-state index is 12.9. The molecule has 1 amide bonds. The molecule has 0 spiro atoms. The first-order valence-corrected chi connectivity index (χ1v) is 12.1. The fraction of sp³-hybridized carbons (Fsp3) is 0.409. The lowest BCUT2D eigenvalue weighted by atomic mass is 10.1. The number of methoxy groups -OCH3 is 1. The van der Waals surface area contributed by atoms with Gasteiger partial charge in [-0.3, -0.25) is 10.1 Å². The van der Waals surface area contributed by atoms with Crippen LogP contribution in [0, 0.1) is 5.92 Å². The first kappa shape index (κ1) is 23.7. The molecule has 0 saturated heterocycles. The Hall–Kier alpha value is -1.97. The van der Waals surface area contributed by atoms with Crippen LogP contribution >= 0.6 is 39.5 Å². The number of thiophene rings is 1. The summed E-state index contributed by atoms with van der Waals surface area (Å²) in [6.45, 7) is 4.75. The van der Waals surface area contributed by atoms with Gasteiger partial charge in [-0.05, 0) is 67.6 Å². The van der Waals surface area contributed by atoms with Gasteiger partial charge >= 0.3 is 5.97 Å². The largest absolute Gasteiger partial charge is 0.493 e. The summed E-state index contributed by atoms with van der Waals surface area (Å²) >= 11 is 10.2. The Labute approximate surface area is 199 Å². The van der Waals surface area contributed by atoms with Crippen molar-refractivity contribution in [1.29, 1.82) is 0 Å². The number of fused-ring (bicyclic) bond motifs is 1. The monoisotopic (exact) mass is 524 g/mol. The number of carbonyl (C=O) groups excluding carboxylic acids is 2. The normalized spacial score (nSPS) is 12.4. The van der Waals surface area contributed by atoms with Gasteiger partial charge in [-0.15, -0.1) is 11.3 Å². The molecule has 1 aliphatic rings. The van der Waals surface area contributed by atoms with Crippen molar-refractivity contribution < 1.29 is 19.1 Å². The van der Waals surface area contributed by atoms with Gasteiger partial charge < -0.3 is 14.8 Å². The smallest absolute Gasteiger partial charge is 0.341 e. The maximum atomic E-state index is 12.9. The fourth-order valence-corrected chi connectivity index (χ4v) is 5.23. The SMILES string of the molecule is COC(=O)c1c(NC(=S)NC(=O)c2cc(Br)ccc2OCCC(C)C)sc2c1CCC2. The molecule has 2 N–H and O–H groups in total. The first-order chi connectivity index (χ1) is 14.8. The van der Waals surface area contributed by atoms with Crippen molar-refractivity contribution in [2.75, 3.05) is 19.0 Å². The van der Waals surface area contributed by atoms with Crippen molar-refractivity contribution >= 4 is 61.5 Å². The van der Waals surface area contributed by atoms with Crippen LogP contribution in [0.2, 0.25) is 0 Å². The summed E-state index contributed by atoms with van der Waals surface area (Å²) in [5.74, 6) is 0.210. The van der Waals surface area contributed by atoms with Crippen LogP contribution in [0.5, 0.6) is 5.75 Å². The molecule has 0 atom stereocenters. The van der Waals surface area contributed by atoms with Crippen LogP contribution in [-0.4, -0.2) is 30.7 Å². The second-order valence-electron chi connectivity index (χ2n) is 7.63. The van der Waals surface area contributed by atoms with E-state index in [0.717, 1.165) is 40.6 Å². The zero-order valence-electron chi connectivity index (χ0n) is 17.7. The van der Waals surface area contributed by atoms with Crippen LogP contribution in [0.25, 0.3) is 0 Å². The number of aryl methyl sites for hydroxylation is 1. The van der Waals surface area contributed by atoms with Crippen LogP contribution in [0.3, 0.4) is 0 Å². The molecule has 166 valence electrons. The average molecular weight is 525 g/mol. The lowest BCUT2D eigenvalue weighted by molar-refractivity contribution is 0.0601. The summed E-state index contributed by atoms with van der Waals surface area (Å²) < 4.78 is 11.5. The van der Waals surface area contributed by atoms with Gasteiger partial charge in [0.2, 0.25) is 0 Å². The number of esters is 1. The second kappa shape index (κ2) is 10.6. The summed E-state index contributed by atoms with van der Waals surface area (Å²) in [6.07, 6.45) is 3.68. The molecule has 6 nitrogen and oxygen atoms in total. The minimum atomic E-state index is -0.399. The Balaban J connectivity index is 1.73. The molecule has 3 rings (SSSR count). The van der Waals surface area contributed by atoms with Gasteiger partial charge in [0.05, 0.1) is 24.8 Å². The molecule has 1 aliphatic carbocycles. The molecule has 1 aromatic carbocycles. The molecule has 1 aromatic heterocycles. The molecule has 0 bridgehead atoms. The van der Waals surface area contributed by atoms with Crippen molar-refractivity contribution in [3.05, 3.63) is 44.2 Å². The fourth-order valence-electron chi connectivity index (χ4n) is 3.33. The highest BCUT2D eigenvalue weighted by atomic mass is 79.9. The van der Waals surface area contributed by atoms with E-state index in [2.05, 4.69) is 40.4 Å². The van der Waals surface area contributed by atoms with E-state index in [4.69, 9.17) is 21.7 Å². The number of carbonyl (C=O) groups is 2. The number of ether oxygens (including phenoxy) is 2. The number of benzene rings is 1. The topological polar surface area (TPSA) is 76.7 Å². The van der Waals surface area contributed by atoms with E-state index >= 15 is 0 Å². The number of thiocarbonyl (C=S) groups is 1. The van der Waals surface area contributed by atoms with Crippen LogP contribution in [0.4, 0.5) is 5.00 Å². The standard InChI is InChI=1S/C22H25BrN2O4S2/c1-12(2)9-10-29-16-8-7-13(23)11-15(16)19(26)24-22(30)25-20-18(21(27)28-3)14-5-4-6-17(14)31-20/h7-8,11-12H,4-6,9-10H2,1-3H3,(H2,24,25,26,30). The average Bonchev–Trinajstić information content (AvgIpc) is 3.28. The third kappa shape index (κ3) is 5.84. The van der Waals surface area contributed by atoms with Crippen LogP contribution in [0.15, 0.2) is 22.7 Å². The van der Waals surface area contributed by atoms with Crippen molar-refractivity contribution in [2.45, 2.75) is 39.5 Å². The maximum Gasteiger partial charge on any atom is 0.341 e. The third-order valence-corrected chi connectivity index (χ3v) is 6.81. The number of hydrogen-bond acceptors (Lipinski definition) is 6. The molecule has 1 heterocycles. The molecule has 9 heteroatoms. The number of amides is 1. The van der Waals surface area contributed by atoms with Crippen LogP contribution < -0.4 is 15.4 Å². The molecule has 0 aliphatic heterocycles. The molecule has 0 unspecified atom stereocenters. The van der Waals surface area contributed by atoms with E-state index in [-0.39, 0.29) is 11.0 Å². The molecule has 2 aromatic rings. The summed E-state index contributed by atoms with van der Waals surface area (Å²) in [5.41, 5.74) is 1.90. The van der Waals surface area contributed by atoms with Crippen molar-refractivity contribution in [3.8, 4) is 5.75 Å². The van der Waals surface area contributed by atoms with Crippen LogP contribution in [0.1, 0.15) is 57.8 Å². The van der Waals surface area contributed by atoms with Gasteiger partial charge in [-0.25, -0.2) is 4.79 Å². The summed E-state index contributed by atoms with van der Waals surface area (Å²) in [5, 5.41) is 6.42. The number of halogens is 1. The van der Waals surface area contributed by atoms with Gasteiger partial charge in [-0.2, -0.15) is 0 Å². The highest BCUT2D eigenvalue weighted by Gasteiger charge is 2.28. The molecule has 31 heavy (non-hydrogen) atoms. The van der Waals surface area contributed by atoms with Gasteiger partial charge in [0, 0.05) is 9.35 Å². The van der Waals surface area contributed by atoms with Gasteiger partial charge in [0.15, 0.2) is 5.11 Å². The second-order valence-corrected chi connectivity index (χ2v) is 10.1. The summed E-state index contributed by atoms with van der Waals surface area (Å²) in [6, 6.07) is 5.28.